The maximum absolute atomic E-state index is 14.0. The number of nitrogen functional groups attached to an aromatic ring is 1. The maximum Gasteiger partial charge on any atom is 0.266 e. The summed E-state index contributed by atoms with van der Waals surface area (Å²) in [5, 5.41) is 9.26. The number of hydrogen-bond acceptors (Lipinski definition) is 7. The van der Waals surface area contributed by atoms with Crippen LogP contribution in [0.15, 0.2) is 53.6 Å². The Bertz CT molecular complexity index is 1630. The number of rotatable bonds is 5. The summed E-state index contributed by atoms with van der Waals surface area (Å²) in [5.74, 6) is 0.0872. The second-order valence-corrected chi connectivity index (χ2v) is 9.20. The number of nitrogens with two attached hydrogens (primary N) is 1. The second kappa shape index (κ2) is 9.11. The fourth-order valence-corrected chi connectivity index (χ4v) is 4.90. The molecule has 0 fully saturated rings. The monoisotopic (exact) mass is 515 g/mol. The Morgan fingerprint density at radius 1 is 1.19 bits per heavy atom. The number of carbonyl (C=O) groups excluding carboxylic acids is 1. The number of nitrogens with one attached hydrogen (secondary N) is 1. The molecule has 0 aliphatic carbocycles. The van der Waals surface area contributed by atoms with E-state index in [1.54, 1.807) is 29.3 Å². The summed E-state index contributed by atoms with van der Waals surface area (Å²) in [7, 11) is 1.49. The van der Waals surface area contributed by atoms with Gasteiger partial charge in [0.25, 0.3) is 11.5 Å². The molecule has 4 aromatic rings. The number of fused-ring (bicyclic) bond motifs is 1. The van der Waals surface area contributed by atoms with Gasteiger partial charge >= 0.3 is 0 Å². The molecule has 0 radical (unpaired) electrons. The Labute approximate surface area is 216 Å². The molecule has 1 atom stereocenters. The summed E-state index contributed by atoms with van der Waals surface area (Å²) in [4.78, 5) is 38.4. The number of benzene rings is 1. The van der Waals surface area contributed by atoms with Gasteiger partial charge in [-0.2, -0.15) is 10.2 Å². The van der Waals surface area contributed by atoms with Crippen molar-refractivity contribution in [3.05, 3.63) is 86.6 Å². The van der Waals surface area contributed by atoms with E-state index in [4.69, 9.17) is 22.1 Å². The van der Waals surface area contributed by atoms with E-state index in [9.17, 15) is 14.9 Å². The van der Waals surface area contributed by atoms with E-state index in [0.29, 0.717) is 28.1 Å². The molecule has 37 heavy (non-hydrogen) atoms. The first-order chi connectivity index (χ1) is 17.7. The van der Waals surface area contributed by atoms with Crippen molar-refractivity contribution in [1.82, 2.24) is 19.5 Å². The zero-order valence-corrected chi connectivity index (χ0v) is 20.9. The van der Waals surface area contributed by atoms with Crippen LogP contribution in [0, 0.1) is 11.3 Å². The lowest BCUT2D eigenvalue weighted by atomic mass is 10.0. The SMILES string of the molecule is COc1nc(N)ncc1-c1cc2c(n1C(C)C)C(c1ccc(C#N)cc1)N(c1c[nH]c(=O)c(Cl)c1)C2=O. The minimum absolute atomic E-state index is 0.0309. The molecule has 3 aromatic heterocycles. The van der Waals surface area contributed by atoms with E-state index in [0.717, 1.165) is 11.3 Å². The van der Waals surface area contributed by atoms with Crippen molar-refractivity contribution < 1.29 is 9.53 Å². The van der Waals surface area contributed by atoms with Crippen molar-refractivity contribution in [3.8, 4) is 23.2 Å². The molecule has 186 valence electrons. The quantitative estimate of drug-likeness (QED) is 0.407. The number of anilines is 2. The van der Waals surface area contributed by atoms with Crippen molar-refractivity contribution in [3.63, 3.8) is 0 Å². The van der Waals surface area contributed by atoms with Crippen LogP contribution in [0.4, 0.5) is 11.6 Å². The molecular formula is C26H22ClN7O3. The number of nitriles is 1. The Morgan fingerprint density at radius 2 is 1.92 bits per heavy atom. The molecule has 3 N–H and O–H groups in total. The number of pyridine rings is 1. The summed E-state index contributed by atoms with van der Waals surface area (Å²) in [6, 6.07) is 11.8. The summed E-state index contributed by atoms with van der Waals surface area (Å²) >= 11 is 6.13. The van der Waals surface area contributed by atoms with Gasteiger partial charge in [-0.15, -0.1) is 0 Å². The molecule has 10 nitrogen and oxygen atoms in total. The molecule has 0 spiro atoms. The Morgan fingerprint density at radius 3 is 2.54 bits per heavy atom. The maximum atomic E-state index is 14.0. The number of methoxy groups -OCH3 is 1. The van der Waals surface area contributed by atoms with E-state index in [-0.39, 0.29) is 28.8 Å². The predicted octanol–water partition coefficient (Wildman–Crippen LogP) is 4.08. The molecule has 11 heteroatoms. The van der Waals surface area contributed by atoms with Gasteiger partial charge in [0.2, 0.25) is 11.8 Å². The lowest BCUT2D eigenvalue weighted by Gasteiger charge is -2.29. The van der Waals surface area contributed by atoms with Crippen LogP contribution in [0.3, 0.4) is 0 Å². The summed E-state index contributed by atoms with van der Waals surface area (Å²) < 4.78 is 7.52. The van der Waals surface area contributed by atoms with Crippen LogP contribution in [-0.4, -0.2) is 32.5 Å². The molecule has 1 aromatic carbocycles. The number of aromatic amines is 1. The molecule has 5 rings (SSSR count). The first-order valence-electron chi connectivity index (χ1n) is 11.4. The lowest BCUT2D eigenvalue weighted by molar-refractivity contribution is 0.0993. The number of H-pyrrole nitrogens is 1. The average molecular weight is 516 g/mol. The van der Waals surface area contributed by atoms with Gasteiger partial charge in [-0.1, -0.05) is 23.7 Å². The predicted molar refractivity (Wildman–Crippen MR) is 139 cm³/mol. The van der Waals surface area contributed by atoms with Gasteiger partial charge in [0.15, 0.2) is 0 Å². The molecule has 0 bridgehead atoms. The highest BCUT2D eigenvalue weighted by atomic mass is 35.5. The minimum atomic E-state index is -0.575. The van der Waals surface area contributed by atoms with Crippen LogP contribution in [0.1, 0.15) is 53.1 Å². The van der Waals surface area contributed by atoms with E-state index in [1.807, 2.05) is 30.5 Å². The van der Waals surface area contributed by atoms with E-state index >= 15 is 0 Å². The molecule has 1 amide bonds. The Kier molecular flexibility index (Phi) is 5.93. The summed E-state index contributed by atoms with van der Waals surface area (Å²) in [6.07, 6.45) is 3.04. The smallest absolute Gasteiger partial charge is 0.266 e. The number of ether oxygens (including phenoxy) is 1. The Balaban J connectivity index is 1.79. The summed E-state index contributed by atoms with van der Waals surface area (Å²) in [6.45, 7) is 4.02. The zero-order valence-electron chi connectivity index (χ0n) is 20.2. The Hall–Kier alpha value is -4.62. The molecular weight excluding hydrogens is 494 g/mol. The number of hydrogen-bond donors (Lipinski definition) is 2. The number of amides is 1. The van der Waals surface area contributed by atoms with Crippen LogP contribution >= 0.6 is 11.6 Å². The van der Waals surface area contributed by atoms with Crippen LogP contribution < -0.4 is 20.9 Å². The van der Waals surface area contributed by atoms with Crippen molar-refractivity contribution >= 4 is 29.1 Å². The number of halogens is 1. The van der Waals surface area contributed by atoms with Gasteiger partial charge in [0.1, 0.15) is 11.1 Å². The molecule has 1 aliphatic rings. The van der Waals surface area contributed by atoms with E-state index < -0.39 is 11.6 Å². The zero-order chi connectivity index (χ0) is 26.4. The third kappa shape index (κ3) is 3.90. The molecule has 1 unspecified atom stereocenters. The topological polar surface area (TPSA) is 143 Å². The van der Waals surface area contributed by atoms with Gasteiger partial charge in [-0.05, 0) is 43.7 Å². The number of carbonyl (C=O) groups is 1. The second-order valence-electron chi connectivity index (χ2n) is 8.79. The molecule has 0 saturated carbocycles. The first-order valence-corrected chi connectivity index (χ1v) is 11.8. The minimum Gasteiger partial charge on any atom is -0.480 e. The van der Waals surface area contributed by atoms with Gasteiger partial charge in [0.05, 0.1) is 46.9 Å². The van der Waals surface area contributed by atoms with E-state index in [2.05, 4.69) is 21.0 Å². The first kappa shape index (κ1) is 24.1. The van der Waals surface area contributed by atoms with Crippen LogP contribution in [-0.2, 0) is 0 Å². The molecule has 1 aliphatic heterocycles. The van der Waals surface area contributed by atoms with Crippen molar-refractivity contribution in [2.75, 3.05) is 17.7 Å². The highest BCUT2D eigenvalue weighted by Crippen LogP contribution is 2.46. The standard InChI is InChI=1S/C26H22ClN7O3/c1-13(2)33-20(18-12-31-26(29)32-24(18)37-3)9-17-22(33)21(15-6-4-14(10-28)5-7-15)34(25(17)36)16-8-19(27)23(35)30-11-16/h4-9,11-13,21H,1-3H3,(H,30,35)(H2,29,31,32). The van der Waals surface area contributed by atoms with Crippen molar-refractivity contribution in [2.24, 2.45) is 0 Å². The fourth-order valence-electron chi connectivity index (χ4n) is 4.73. The van der Waals surface area contributed by atoms with Crippen molar-refractivity contribution in [2.45, 2.75) is 25.9 Å². The molecule has 4 heterocycles. The normalized spacial score (nSPS) is 14.6. The van der Waals surface area contributed by atoms with Gasteiger partial charge in [-0.25, -0.2) is 4.98 Å². The summed E-state index contributed by atoms with van der Waals surface area (Å²) in [5.41, 5.74) is 9.53. The number of nitrogens with zero attached hydrogens (tertiary/aromatic N) is 5. The van der Waals surface area contributed by atoms with E-state index in [1.165, 1.54) is 19.4 Å². The fraction of sp³-hybridized carbons (Fsp3) is 0.192. The average Bonchev–Trinajstić information content (AvgIpc) is 3.41. The number of aromatic nitrogens is 4. The van der Waals surface area contributed by atoms with Gasteiger partial charge in [-0.3, -0.25) is 14.5 Å². The van der Waals surface area contributed by atoms with Crippen LogP contribution in [0.5, 0.6) is 5.88 Å². The third-order valence-corrected chi connectivity index (χ3v) is 6.56. The van der Waals surface area contributed by atoms with Crippen molar-refractivity contribution in [1.29, 1.82) is 5.26 Å². The van der Waals surface area contributed by atoms with Crippen LogP contribution in [0.25, 0.3) is 11.3 Å². The van der Waals surface area contributed by atoms with Gasteiger partial charge in [0, 0.05) is 18.4 Å². The molecule has 0 saturated heterocycles. The largest absolute Gasteiger partial charge is 0.480 e. The van der Waals surface area contributed by atoms with Gasteiger partial charge < -0.3 is 20.0 Å². The highest BCUT2D eigenvalue weighted by molar-refractivity contribution is 6.30. The lowest BCUT2D eigenvalue weighted by Crippen LogP contribution is -2.30. The highest BCUT2D eigenvalue weighted by Gasteiger charge is 2.43. The van der Waals surface area contributed by atoms with Crippen LogP contribution in [0.2, 0.25) is 5.02 Å². The third-order valence-electron chi connectivity index (χ3n) is 6.28.